The lowest BCUT2D eigenvalue weighted by Gasteiger charge is -2.25. The fraction of sp³-hybridized carbons (Fsp3) is 0.667. The van der Waals surface area contributed by atoms with E-state index in [1.165, 1.54) is 25.7 Å². The van der Waals surface area contributed by atoms with Gasteiger partial charge in [0.15, 0.2) is 5.65 Å². The van der Waals surface area contributed by atoms with Crippen LogP contribution < -0.4 is 5.32 Å². The fourth-order valence-corrected chi connectivity index (χ4v) is 4.30. The van der Waals surface area contributed by atoms with Crippen LogP contribution in [-0.4, -0.2) is 32.0 Å². The molecule has 2 atom stereocenters. The number of aromatic amines is 1. The zero-order chi connectivity index (χ0) is 14.7. The number of hydrogen-bond donors (Lipinski definition) is 2. The Hall–Kier alpha value is -1.30. The molecule has 0 bridgehead atoms. The van der Waals surface area contributed by atoms with Crippen molar-refractivity contribution in [3.63, 3.8) is 0 Å². The summed E-state index contributed by atoms with van der Waals surface area (Å²) >= 11 is 1.90. The summed E-state index contributed by atoms with van der Waals surface area (Å²) in [7, 11) is 0. The third kappa shape index (κ3) is 3.48. The van der Waals surface area contributed by atoms with Crippen LogP contribution in [0.4, 0.5) is 5.95 Å². The lowest BCUT2D eigenvalue weighted by atomic mass is 9.91. The van der Waals surface area contributed by atoms with E-state index in [9.17, 15) is 0 Å². The van der Waals surface area contributed by atoms with Gasteiger partial charge in [-0.25, -0.2) is 4.98 Å². The van der Waals surface area contributed by atoms with Crippen LogP contribution in [0.15, 0.2) is 11.2 Å². The summed E-state index contributed by atoms with van der Waals surface area (Å²) in [6.07, 6.45) is 8.17. The van der Waals surface area contributed by atoms with Gasteiger partial charge in [-0.15, -0.1) is 11.8 Å². The highest BCUT2D eigenvalue weighted by Gasteiger charge is 2.22. The molecular formula is C15H23N5S. The summed E-state index contributed by atoms with van der Waals surface area (Å²) in [6.45, 7) is 5.39. The Balaban J connectivity index is 1.83. The predicted molar refractivity (Wildman–Crippen MR) is 87.7 cm³/mol. The Bertz CT molecular complexity index is 597. The van der Waals surface area contributed by atoms with Crippen LogP contribution in [0.1, 0.15) is 46.0 Å². The highest BCUT2D eigenvalue weighted by molar-refractivity contribution is 8.00. The van der Waals surface area contributed by atoms with Gasteiger partial charge in [-0.3, -0.25) is 5.10 Å². The molecule has 2 heterocycles. The molecule has 0 saturated heterocycles. The predicted octanol–water partition coefficient (Wildman–Crippen LogP) is 3.85. The zero-order valence-corrected chi connectivity index (χ0v) is 13.5. The summed E-state index contributed by atoms with van der Waals surface area (Å²) in [6, 6.07) is 0. The second kappa shape index (κ2) is 6.64. The van der Waals surface area contributed by atoms with E-state index in [4.69, 9.17) is 4.98 Å². The average Bonchev–Trinajstić information content (AvgIpc) is 2.94. The molecular weight excluding hydrogens is 282 g/mol. The van der Waals surface area contributed by atoms with Crippen LogP contribution in [0.25, 0.3) is 11.0 Å². The topological polar surface area (TPSA) is 66.5 Å². The van der Waals surface area contributed by atoms with Crippen LogP contribution in [0.5, 0.6) is 0 Å². The molecule has 0 radical (unpaired) electrons. The van der Waals surface area contributed by atoms with E-state index in [0.29, 0.717) is 11.2 Å². The van der Waals surface area contributed by atoms with Crippen LogP contribution in [-0.2, 0) is 0 Å². The highest BCUT2D eigenvalue weighted by atomic mass is 32.2. The summed E-state index contributed by atoms with van der Waals surface area (Å²) in [5.41, 5.74) is 0.829. The van der Waals surface area contributed by atoms with E-state index in [1.807, 2.05) is 18.0 Å². The first-order valence-electron chi connectivity index (χ1n) is 7.88. The molecule has 2 aromatic rings. The zero-order valence-electron chi connectivity index (χ0n) is 12.7. The molecule has 2 unspecified atom stereocenters. The SMILES string of the molecule is CCCNc1nc(SC2CCCC(C)C2)c2cn[nH]c2n1. The molecule has 0 spiro atoms. The standard InChI is InChI=1S/C15H23N5S/c1-3-7-16-15-18-13-12(9-17-20-13)14(19-15)21-11-6-4-5-10(2)8-11/h9-11H,3-8H2,1-2H3,(H2,16,17,18,19,20). The first-order chi connectivity index (χ1) is 10.3. The van der Waals surface area contributed by atoms with Gasteiger partial charge in [0, 0.05) is 11.8 Å². The van der Waals surface area contributed by atoms with Crippen LogP contribution in [0, 0.1) is 5.92 Å². The van der Waals surface area contributed by atoms with Crippen molar-refractivity contribution in [1.82, 2.24) is 20.2 Å². The minimum atomic E-state index is 0.667. The van der Waals surface area contributed by atoms with Gasteiger partial charge in [0.2, 0.25) is 5.95 Å². The van der Waals surface area contributed by atoms with Crippen LogP contribution in [0.3, 0.4) is 0 Å². The average molecular weight is 305 g/mol. The summed E-state index contributed by atoms with van der Waals surface area (Å²) in [5, 5.41) is 13.1. The maximum absolute atomic E-state index is 4.71. The summed E-state index contributed by atoms with van der Waals surface area (Å²) in [4.78, 5) is 9.20. The molecule has 3 rings (SSSR count). The molecule has 6 heteroatoms. The number of fused-ring (bicyclic) bond motifs is 1. The molecule has 1 fully saturated rings. The minimum absolute atomic E-state index is 0.667. The Morgan fingerprint density at radius 2 is 2.29 bits per heavy atom. The van der Waals surface area contributed by atoms with Crippen molar-refractivity contribution in [2.24, 2.45) is 5.92 Å². The number of aromatic nitrogens is 4. The van der Waals surface area contributed by atoms with Crippen molar-refractivity contribution in [3.05, 3.63) is 6.20 Å². The van der Waals surface area contributed by atoms with Gasteiger partial charge in [-0.2, -0.15) is 10.1 Å². The van der Waals surface area contributed by atoms with Gasteiger partial charge >= 0.3 is 0 Å². The minimum Gasteiger partial charge on any atom is -0.354 e. The number of H-pyrrole nitrogens is 1. The highest BCUT2D eigenvalue weighted by Crippen LogP contribution is 2.37. The monoisotopic (exact) mass is 305 g/mol. The van der Waals surface area contributed by atoms with Gasteiger partial charge in [-0.1, -0.05) is 26.7 Å². The number of rotatable bonds is 5. The maximum Gasteiger partial charge on any atom is 0.225 e. The lowest BCUT2D eigenvalue weighted by Crippen LogP contribution is -2.15. The van der Waals surface area contributed by atoms with Crippen molar-refractivity contribution in [3.8, 4) is 0 Å². The van der Waals surface area contributed by atoms with Crippen molar-refractivity contribution in [2.45, 2.75) is 56.2 Å². The number of hydrogen-bond acceptors (Lipinski definition) is 5. The van der Waals surface area contributed by atoms with Crippen molar-refractivity contribution in [1.29, 1.82) is 0 Å². The first kappa shape index (κ1) is 14.6. The van der Waals surface area contributed by atoms with Crippen molar-refractivity contribution in [2.75, 3.05) is 11.9 Å². The summed E-state index contributed by atoms with van der Waals surface area (Å²) < 4.78 is 0. The molecule has 1 aliphatic rings. The normalized spacial score (nSPS) is 22.6. The van der Waals surface area contributed by atoms with Crippen LogP contribution in [0.2, 0.25) is 0 Å². The number of anilines is 1. The van der Waals surface area contributed by atoms with Gasteiger partial charge in [0.05, 0.1) is 11.6 Å². The molecule has 0 aromatic carbocycles. The third-order valence-electron chi connectivity index (χ3n) is 3.97. The maximum atomic E-state index is 4.71. The lowest BCUT2D eigenvalue weighted by molar-refractivity contribution is 0.394. The Morgan fingerprint density at radius 1 is 1.38 bits per heavy atom. The van der Waals surface area contributed by atoms with Crippen LogP contribution >= 0.6 is 11.8 Å². The smallest absolute Gasteiger partial charge is 0.225 e. The molecule has 5 nitrogen and oxygen atoms in total. The van der Waals surface area contributed by atoms with Gasteiger partial charge in [0.1, 0.15) is 5.03 Å². The summed E-state index contributed by atoms with van der Waals surface area (Å²) in [5.74, 6) is 1.54. The third-order valence-corrected chi connectivity index (χ3v) is 5.27. The van der Waals surface area contributed by atoms with E-state index in [2.05, 4.69) is 34.3 Å². The van der Waals surface area contributed by atoms with Crippen molar-refractivity contribution < 1.29 is 0 Å². The number of nitrogens with zero attached hydrogens (tertiary/aromatic N) is 3. The van der Waals surface area contributed by atoms with E-state index >= 15 is 0 Å². The molecule has 2 N–H and O–H groups in total. The first-order valence-corrected chi connectivity index (χ1v) is 8.76. The Morgan fingerprint density at radius 3 is 3.10 bits per heavy atom. The molecule has 1 saturated carbocycles. The largest absolute Gasteiger partial charge is 0.354 e. The molecule has 21 heavy (non-hydrogen) atoms. The number of nitrogens with one attached hydrogen (secondary N) is 2. The molecule has 2 aromatic heterocycles. The molecule has 114 valence electrons. The molecule has 1 aliphatic carbocycles. The van der Waals surface area contributed by atoms with Crippen molar-refractivity contribution >= 4 is 28.7 Å². The number of thioether (sulfide) groups is 1. The fourth-order valence-electron chi connectivity index (χ4n) is 2.86. The molecule has 0 amide bonds. The molecule has 0 aliphatic heterocycles. The van der Waals surface area contributed by atoms with E-state index < -0.39 is 0 Å². The van der Waals surface area contributed by atoms with E-state index in [-0.39, 0.29) is 0 Å². The Kier molecular flexibility index (Phi) is 4.63. The van der Waals surface area contributed by atoms with E-state index in [1.54, 1.807) is 0 Å². The second-order valence-corrected chi connectivity index (χ2v) is 7.21. The quantitative estimate of drug-likeness (QED) is 0.821. The second-order valence-electron chi connectivity index (χ2n) is 5.92. The van der Waals surface area contributed by atoms with Gasteiger partial charge in [0.25, 0.3) is 0 Å². The Labute approximate surface area is 129 Å². The van der Waals surface area contributed by atoms with Gasteiger partial charge in [-0.05, 0) is 25.2 Å². The van der Waals surface area contributed by atoms with Gasteiger partial charge < -0.3 is 5.32 Å². The van der Waals surface area contributed by atoms with E-state index in [0.717, 1.165) is 34.9 Å².